The van der Waals surface area contributed by atoms with Crippen molar-refractivity contribution in [3.63, 3.8) is 0 Å². The highest BCUT2D eigenvalue weighted by Gasteiger charge is 2.32. The minimum absolute atomic E-state index is 0.0292. The van der Waals surface area contributed by atoms with Crippen LogP contribution in [0.2, 0.25) is 5.02 Å². The van der Waals surface area contributed by atoms with Gasteiger partial charge in [-0.05, 0) is 35.1 Å². The number of hydrogen-bond donors (Lipinski definition) is 0. The van der Waals surface area contributed by atoms with Crippen molar-refractivity contribution in [2.24, 2.45) is 0 Å². The fourth-order valence-electron chi connectivity index (χ4n) is 2.79. The van der Waals surface area contributed by atoms with Gasteiger partial charge in [0.15, 0.2) is 0 Å². The van der Waals surface area contributed by atoms with E-state index < -0.39 is 0 Å². The van der Waals surface area contributed by atoms with Gasteiger partial charge in [-0.1, -0.05) is 29.8 Å². The van der Waals surface area contributed by atoms with Crippen molar-refractivity contribution < 1.29 is 9.53 Å². The first-order valence-corrected chi connectivity index (χ1v) is 8.08. The number of benzene rings is 1. The molecule has 0 N–H and O–H groups in total. The van der Waals surface area contributed by atoms with Gasteiger partial charge in [0.2, 0.25) is 0 Å². The first-order valence-electron chi connectivity index (χ1n) is 6.82. The Bertz CT molecular complexity index is 655. The van der Waals surface area contributed by atoms with E-state index in [0.29, 0.717) is 0 Å². The van der Waals surface area contributed by atoms with Gasteiger partial charge >= 0.3 is 5.97 Å². The number of halogens is 1. The number of methoxy groups -OCH3 is 1. The third-order valence-corrected chi connectivity index (χ3v) is 5.18. The van der Waals surface area contributed by atoms with Gasteiger partial charge in [-0.15, -0.1) is 11.3 Å². The summed E-state index contributed by atoms with van der Waals surface area (Å²) in [6, 6.07) is 10.0. The molecule has 2 aromatic rings. The Morgan fingerprint density at radius 1 is 1.43 bits per heavy atom. The monoisotopic (exact) mass is 321 g/mol. The standard InChI is InChI=1S/C16H16ClNO2S/c1-20-14(19)10-18-8-6-11-7-9-21-16(11)15(18)12-4-2-3-5-13(12)17/h2-5,7,9,15H,6,8,10H2,1H3/t15-/m1/s1. The molecule has 3 nitrogen and oxygen atoms in total. The Balaban J connectivity index is 2.02. The first-order chi connectivity index (χ1) is 10.2. The Hall–Kier alpha value is -1.36. The molecule has 1 atom stereocenters. The molecule has 0 spiro atoms. The van der Waals surface area contributed by atoms with Crippen LogP contribution >= 0.6 is 22.9 Å². The molecule has 0 unspecified atom stereocenters. The molecule has 0 aliphatic carbocycles. The van der Waals surface area contributed by atoms with Crippen molar-refractivity contribution >= 4 is 28.9 Å². The highest BCUT2D eigenvalue weighted by Crippen LogP contribution is 2.40. The number of rotatable bonds is 3. The number of fused-ring (bicyclic) bond motifs is 1. The van der Waals surface area contributed by atoms with Gasteiger partial charge in [0, 0.05) is 16.4 Å². The predicted molar refractivity (Wildman–Crippen MR) is 84.9 cm³/mol. The Labute approximate surface area is 133 Å². The number of nitrogens with zero attached hydrogens (tertiary/aromatic N) is 1. The van der Waals surface area contributed by atoms with E-state index in [0.717, 1.165) is 23.6 Å². The van der Waals surface area contributed by atoms with Crippen molar-refractivity contribution in [1.82, 2.24) is 4.90 Å². The second kappa shape index (κ2) is 6.18. The zero-order valence-corrected chi connectivity index (χ0v) is 13.3. The highest BCUT2D eigenvalue weighted by molar-refractivity contribution is 7.10. The van der Waals surface area contributed by atoms with Crippen LogP contribution in [0.4, 0.5) is 0 Å². The molecule has 1 aromatic heterocycles. The van der Waals surface area contributed by atoms with Crippen LogP contribution in [0.15, 0.2) is 35.7 Å². The van der Waals surface area contributed by atoms with Crippen LogP contribution in [-0.2, 0) is 16.0 Å². The van der Waals surface area contributed by atoms with Gasteiger partial charge in [0.05, 0.1) is 19.7 Å². The van der Waals surface area contributed by atoms with E-state index in [1.807, 2.05) is 24.3 Å². The Kier molecular flexibility index (Phi) is 4.29. The third kappa shape index (κ3) is 2.84. The molecule has 5 heteroatoms. The summed E-state index contributed by atoms with van der Waals surface area (Å²) in [5.41, 5.74) is 2.40. The summed E-state index contributed by atoms with van der Waals surface area (Å²) in [7, 11) is 1.42. The van der Waals surface area contributed by atoms with E-state index in [2.05, 4.69) is 16.3 Å². The molecule has 1 aliphatic rings. The summed E-state index contributed by atoms with van der Waals surface area (Å²) in [6.07, 6.45) is 0.955. The van der Waals surface area contributed by atoms with Crippen molar-refractivity contribution in [3.05, 3.63) is 56.7 Å². The van der Waals surface area contributed by atoms with E-state index in [4.69, 9.17) is 16.3 Å². The van der Waals surface area contributed by atoms with Crippen molar-refractivity contribution in [3.8, 4) is 0 Å². The fraction of sp³-hybridized carbons (Fsp3) is 0.312. The lowest BCUT2D eigenvalue weighted by molar-refractivity contribution is -0.142. The van der Waals surface area contributed by atoms with Gasteiger partial charge < -0.3 is 4.74 Å². The SMILES string of the molecule is COC(=O)CN1CCc2ccsc2[C@H]1c1ccccc1Cl. The summed E-state index contributed by atoms with van der Waals surface area (Å²) in [5.74, 6) is -0.216. The zero-order valence-electron chi connectivity index (χ0n) is 11.7. The molecule has 2 heterocycles. The quantitative estimate of drug-likeness (QED) is 0.810. The molecule has 1 aromatic carbocycles. The van der Waals surface area contributed by atoms with Crippen LogP contribution in [0.3, 0.4) is 0 Å². The Morgan fingerprint density at radius 3 is 3.00 bits per heavy atom. The highest BCUT2D eigenvalue weighted by atomic mass is 35.5. The lowest BCUT2D eigenvalue weighted by atomic mass is 9.95. The second-order valence-corrected chi connectivity index (χ2v) is 6.39. The minimum Gasteiger partial charge on any atom is -0.468 e. The summed E-state index contributed by atoms with van der Waals surface area (Å²) < 4.78 is 4.83. The molecule has 3 rings (SSSR count). The molecule has 110 valence electrons. The number of thiophene rings is 1. The molecule has 21 heavy (non-hydrogen) atoms. The van der Waals surface area contributed by atoms with E-state index in [9.17, 15) is 4.79 Å². The summed E-state index contributed by atoms with van der Waals surface area (Å²) in [6.45, 7) is 1.11. The lowest BCUT2D eigenvalue weighted by Gasteiger charge is -2.35. The minimum atomic E-state index is -0.216. The van der Waals surface area contributed by atoms with Gasteiger partial charge in [0.1, 0.15) is 0 Å². The molecule has 0 fully saturated rings. The van der Waals surface area contributed by atoms with E-state index in [1.165, 1.54) is 17.6 Å². The van der Waals surface area contributed by atoms with Gasteiger partial charge in [-0.2, -0.15) is 0 Å². The summed E-state index contributed by atoms with van der Waals surface area (Å²) in [4.78, 5) is 15.1. The lowest BCUT2D eigenvalue weighted by Crippen LogP contribution is -2.39. The first kappa shape index (κ1) is 14.6. The second-order valence-electron chi connectivity index (χ2n) is 5.03. The van der Waals surface area contributed by atoms with Crippen molar-refractivity contribution in [2.45, 2.75) is 12.5 Å². The average Bonchev–Trinajstić information content (AvgIpc) is 2.96. The number of carbonyl (C=O) groups is 1. The maximum atomic E-state index is 11.7. The molecule has 0 bridgehead atoms. The van der Waals surface area contributed by atoms with Crippen LogP contribution in [0, 0.1) is 0 Å². The number of ether oxygens (including phenoxy) is 1. The maximum absolute atomic E-state index is 11.7. The number of esters is 1. The topological polar surface area (TPSA) is 29.5 Å². The largest absolute Gasteiger partial charge is 0.468 e. The third-order valence-electron chi connectivity index (χ3n) is 3.82. The van der Waals surface area contributed by atoms with Crippen LogP contribution < -0.4 is 0 Å². The van der Waals surface area contributed by atoms with Gasteiger partial charge in [-0.3, -0.25) is 9.69 Å². The maximum Gasteiger partial charge on any atom is 0.319 e. The summed E-state index contributed by atoms with van der Waals surface area (Å²) in [5, 5.41) is 2.84. The Morgan fingerprint density at radius 2 is 2.24 bits per heavy atom. The smallest absolute Gasteiger partial charge is 0.319 e. The molecular formula is C16H16ClNO2S. The van der Waals surface area contributed by atoms with Crippen LogP contribution in [0.25, 0.3) is 0 Å². The molecule has 0 saturated heterocycles. The molecule has 0 saturated carbocycles. The summed E-state index contributed by atoms with van der Waals surface area (Å²) >= 11 is 8.11. The molecule has 0 radical (unpaired) electrons. The van der Waals surface area contributed by atoms with Gasteiger partial charge in [0.25, 0.3) is 0 Å². The van der Waals surface area contributed by atoms with Crippen LogP contribution in [0.5, 0.6) is 0 Å². The zero-order chi connectivity index (χ0) is 14.8. The normalized spacial score (nSPS) is 18.3. The van der Waals surface area contributed by atoms with E-state index in [-0.39, 0.29) is 18.6 Å². The molecule has 1 aliphatic heterocycles. The molecular weight excluding hydrogens is 306 g/mol. The van der Waals surface area contributed by atoms with Crippen LogP contribution in [0.1, 0.15) is 22.0 Å². The van der Waals surface area contributed by atoms with E-state index in [1.54, 1.807) is 11.3 Å². The fourth-order valence-corrected chi connectivity index (χ4v) is 4.13. The number of carbonyl (C=O) groups excluding carboxylic acids is 1. The number of hydrogen-bond acceptors (Lipinski definition) is 4. The van der Waals surface area contributed by atoms with Crippen molar-refractivity contribution in [1.29, 1.82) is 0 Å². The van der Waals surface area contributed by atoms with Gasteiger partial charge in [-0.25, -0.2) is 0 Å². The van der Waals surface area contributed by atoms with Crippen LogP contribution in [-0.4, -0.2) is 31.1 Å². The predicted octanol–water partition coefficient (Wildman–Crippen LogP) is 3.52. The van der Waals surface area contributed by atoms with Crippen molar-refractivity contribution in [2.75, 3.05) is 20.2 Å². The average molecular weight is 322 g/mol. The van der Waals surface area contributed by atoms with E-state index >= 15 is 0 Å². The molecule has 0 amide bonds.